The van der Waals surface area contributed by atoms with Gasteiger partial charge in [-0.3, -0.25) is 0 Å². The van der Waals surface area contributed by atoms with E-state index in [1.807, 2.05) is 0 Å². The molecule has 6 heteroatoms. The van der Waals surface area contributed by atoms with Crippen LogP contribution in [0.5, 0.6) is 0 Å². The molecule has 1 N–H and O–H groups in total. The molecule has 0 aromatic heterocycles. The van der Waals surface area contributed by atoms with Gasteiger partial charge in [-0.1, -0.05) is 0 Å². The molecule has 0 rings (SSSR count). The fraction of sp³-hybridized carbons (Fsp3) is 0.429. The average Bonchev–Trinajstić information content (AvgIpc) is 2.00. The third kappa shape index (κ3) is 2.10. The molecule has 0 aliphatic rings. The quantitative estimate of drug-likeness (QED) is 0.422. The zero-order chi connectivity index (χ0) is 10.8. The Morgan fingerprint density at radius 1 is 1.08 bits per heavy atom. The number of hydrogen-bond donors (Lipinski definition) is 1. The van der Waals surface area contributed by atoms with Gasteiger partial charge in [-0.2, -0.15) is 0 Å². The minimum absolute atomic E-state index is 0.753. The van der Waals surface area contributed by atoms with Crippen LogP contribution in [0.2, 0.25) is 3.80 Å². The van der Waals surface area contributed by atoms with Gasteiger partial charge in [0, 0.05) is 0 Å². The zero-order valence-corrected chi connectivity index (χ0v) is 9.00. The van der Waals surface area contributed by atoms with Crippen LogP contribution in [0.1, 0.15) is 13.8 Å². The second-order valence-electron chi connectivity index (χ2n) is 2.43. The zero-order valence-electron chi connectivity index (χ0n) is 6.99. The van der Waals surface area contributed by atoms with Crippen LogP contribution in [-0.2, 0) is 39.0 Å². The summed E-state index contributed by atoms with van der Waals surface area (Å²) >= 11 is 0.940. The first-order valence-electron chi connectivity index (χ1n) is 3.24. The second-order valence-corrected chi connectivity index (χ2v) is 3.93. The molecule has 0 unspecified atom stereocenters. The third-order valence-corrected chi connectivity index (χ3v) is 3.37. The maximum absolute atomic E-state index is 11.0. The van der Waals surface area contributed by atoms with Gasteiger partial charge in [-0.15, -0.1) is 0 Å². The molecule has 0 saturated carbocycles. The van der Waals surface area contributed by atoms with E-state index in [1.165, 1.54) is 0 Å². The Balaban J connectivity index is 5.27. The Kier molecular flexibility index (Phi) is 3.67. The van der Waals surface area contributed by atoms with E-state index in [4.69, 9.17) is 5.11 Å². The van der Waals surface area contributed by atoms with Crippen molar-refractivity contribution in [3.63, 3.8) is 0 Å². The number of carbonyl (C=O) groups excluding carboxylic acids is 3. The third-order valence-electron chi connectivity index (χ3n) is 1.51. The molecule has 0 aliphatic heterocycles. The van der Waals surface area contributed by atoms with Crippen LogP contribution >= 0.6 is 0 Å². The molecule has 0 amide bonds. The second kappa shape index (κ2) is 3.92. The van der Waals surface area contributed by atoms with Crippen LogP contribution in [0.3, 0.4) is 0 Å². The van der Waals surface area contributed by atoms with E-state index in [2.05, 4.69) is 0 Å². The number of hydrogen-bond acceptors (Lipinski definition) is 4. The topological polar surface area (TPSA) is 88.5 Å². The van der Waals surface area contributed by atoms with Crippen molar-refractivity contribution in [3.05, 3.63) is 0 Å². The molecule has 5 nitrogen and oxygen atoms in total. The first-order chi connectivity index (χ1) is 5.74. The summed E-state index contributed by atoms with van der Waals surface area (Å²) in [6.07, 6.45) is 0. The van der Waals surface area contributed by atoms with E-state index in [1.54, 1.807) is 0 Å². The van der Waals surface area contributed by atoms with Crippen molar-refractivity contribution in [2.45, 2.75) is 17.7 Å². The van der Waals surface area contributed by atoms with E-state index < -0.39 is 27.1 Å². The predicted molar refractivity (Wildman–Crippen MR) is 36.7 cm³/mol. The van der Waals surface area contributed by atoms with Gasteiger partial charge in [0.15, 0.2) is 0 Å². The molecule has 0 aliphatic carbocycles. The predicted octanol–water partition coefficient (Wildman–Crippen LogP) is -0.476. The van der Waals surface area contributed by atoms with Crippen molar-refractivity contribution < 1.29 is 44.1 Å². The maximum atomic E-state index is 11.0. The number of carboxylic acid groups (broad SMARTS) is 1. The monoisotopic (exact) mass is 269 g/mol. The Morgan fingerprint density at radius 3 is 1.46 bits per heavy atom. The van der Waals surface area contributed by atoms with Crippen molar-refractivity contribution in [2.24, 2.45) is 0 Å². The molecule has 0 fully saturated rings. The molecule has 0 bridgehead atoms. The molecule has 0 atom stereocenters. The number of carbonyl (C=O) groups is 4. The van der Waals surface area contributed by atoms with Crippen molar-refractivity contribution >= 4 is 23.3 Å². The van der Waals surface area contributed by atoms with Crippen LogP contribution in [0.4, 0.5) is 0 Å². The fourth-order valence-corrected chi connectivity index (χ4v) is 0.933. The molecule has 71 valence electrons. The number of rotatable bonds is 4. The first kappa shape index (κ1) is 12.2. The van der Waals surface area contributed by atoms with Crippen LogP contribution in [0.25, 0.3) is 0 Å². The summed E-state index contributed by atoms with van der Waals surface area (Å²) in [7, 11) is 0. The van der Waals surface area contributed by atoms with Gasteiger partial charge in [0.05, 0.1) is 0 Å². The van der Waals surface area contributed by atoms with E-state index in [0.717, 1.165) is 33.7 Å². The van der Waals surface area contributed by atoms with E-state index in [9.17, 15) is 19.2 Å². The van der Waals surface area contributed by atoms with E-state index >= 15 is 0 Å². The summed E-state index contributed by atoms with van der Waals surface area (Å²) < 4.78 is -2.03. The molecular formula is C7H7MoO5. The van der Waals surface area contributed by atoms with Gasteiger partial charge >= 0.3 is 85.1 Å². The summed E-state index contributed by atoms with van der Waals surface area (Å²) in [5.74, 6) is -4.65. The van der Waals surface area contributed by atoms with Gasteiger partial charge < -0.3 is 0 Å². The van der Waals surface area contributed by atoms with Gasteiger partial charge in [0.25, 0.3) is 0 Å². The summed E-state index contributed by atoms with van der Waals surface area (Å²) in [5, 5.41) is 8.36. The Hall–Kier alpha value is -0.832. The summed E-state index contributed by atoms with van der Waals surface area (Å²) in [6.45, 7) is 2.04. The van der Waals surface area contributed by atoms with Gasteiger partial charge in [-0.05, 0) is 0 Å². The van der Waals surface area contributed by atoms with E-state index in [-0.39, 0.29) is 0 Å². The number of Topliss-reactive ketones (excluding diaryl/α,β-unsaturated/α-hetero) is 3. The standard InChI is InChI=1S/C7H7O5.Mo/c1-3(8)5(4(2)9)6(10)7(11)12;/h1-2H3,(H,11,12);. The molecule has 0 heterocycles. The van der Waals surface area contributed by atoms with Crippen LogP contribution in [-0.4, -0.2) is 28.4 Å². The number of ketones is 3. The average molecular weight is 267 g/mol. The van der Waals surface area contributed by atoms with Crippen molar-refractivity contribution in [2.75, 3.05) is 0 Å². The normalized spacial score (nSPS) is 10.6. The molecule has 0 saturated heterocycles. The van der Waals surface area contributed by atoms with Crippen LogP contribution < -0.4 is 0 Å². The molecule has 13 heavy (non-hydrogen) atoms. The fourth-order valence-electron chi connectivity index (χ4n) is 0.718. The SMILES string of the molecule is CC(=O)[C]([Mo])(C(C)=O)C(=O)C(=O)O. The van der Waals surface area contributed by atoms with Crippen molar-refractivity contribution in [1.29, 1.82) is 0 Å². The Labute approximate surface area is 85.4 Å². The van der Waals surface area contributed by atoms with Gasteiger partial charge in [0.2, 0.25) is 0 Å². The van der Waals surface area contributed by atoms with Crippen LogP contribution in [0.15, 0.2) is 0 Å². The van der Waals surface area contributed by atoms with Crippen molar-refractivity contribution in [1.82, 2.24) is 0 Å². The van der Waals surface area contributed by atoms with Gasteiger partial charge in [0.1, 0.15) is 0 Å². The molecule has 0 aromatic rings. The number of carboxylic acids is 1. The Bertz CT molecular complexity index is 279. The summed E-state index contributed by atoms with van der Waals surface area (Å²) in [5.41, 5.74) is 0. The molecule has 0 aromatic carbocycles. The van der Waals surface area contributed by atoms with Crippen LogP contribution in [0, 0.1) is 0 Å². The first-order valence-corrected chi connectivity index (χ1v) is 4.25. The van der Waals surface area contributed by atoms with Crippen molar-refractivity contribution in [3.8, 4) is 0 Å². The summed E-state index contributed by atoms with van der Waals surface area (Å²) in [6, 6.07) is 0. The Morgan fingerprint density at radius 2 is 1.38 bits per heavy atom. The van der Waals surface area contributed by atoms with E-state index in [0.29, 0.717) is 0 Å². The number of aliphatic carboxylic acids is 1. The van der Waals surface area contributed by atoms with Gasteiger partial charge in [-0.25, -0.2) is 0 Å². The molecule has 0 spiro atoms. The molecular weight excluding hydrogens is 260 g/mol. The minimum atomic E-state index is -2.03. The molecule has 0 radical (unpaired) electrons. The summed E-state index contributed by atoms with van der Waals surface area (Å²) in [4.78, 5) is 43.2.